The Kier molecular flexibility index (Phi) is 6.61. The quantitative estimate of drug-likeness (QED) is 0.843. The fraction of sp³-hybridized carbons (Fsp3) is 0.444. The van der Waals surface area contributed by atoms with Crippen LogP contribution in [0.5, 0.6) is 0 Å². The van der Waals surface area contributed by atoms with Crippen molar-refractivity contribution < 1.29 is 22.8 Å². The first-order chi connectivity index (χ1) is 11.9. The van der Waals surface area contributed by atoms with Gasteiger partial charge in [-0.3, -0.25) is 9.59 Å². The number of amides is 2. The molecule has 0 aromatic heterocycles. The Balaban J connectivity index is 1.86. The minimum Gasteiger partial charge on any atom is -0.345 e. The summed E-state index contributed by atoms with van der Waals surface area (Å²) in [5.41, 5.74) is 1.37. The number of hydrogen-bond donors (Lipinski definition) is 2. The first-order valence-corrected chi connectivity index (χ1v) is 8.29. The number of halogens is 3. The van der Waals surface area contributed by atoms with Crippen LogP contribution in [0.1, 0.15) is 37.7 Å². The minimum atomic E-state index is -4.88. The molecule has 1 aromatic carbocycles. The maximum absolute atomic E-state index is 12.2. The van der Waals surface area contributed by atoms with Crippen molar-refractivity contribution in [3.63, 3.8) is 0 Å². The molecule has 1 fully saturated rings. The largest absolute Gasteiger partial charge is 0.471 e. The lowest BCUT2D eigenvalue weighted by molar-refractivity contribution is -0.173. The molecule has 7 heteroatoms. The topological polar surface area (TPSA) is 58.2 Å². The zero-order valence-electron chi connectivity index (χ0n) is 13.7. The third kappa shape index (κ3) is 6.25. The molecule has 4 nitrogen and oxygen atoms in total. The molecule has 1 aliphatic rings. The molecule has 1 saturated carbocycles. The zero-order valence-corrected chi connectivity index (χ0v) is 13.7. The molecular formula is C18H21F3N2O2. The van der Waals surface area contributed by atoms with Gasteiger partial charge in [-0.2, -0.15) is 13.2 Å². The molecule has 0 saturated heterocycles. The number of carbonyl (C=O) groups is 2. The molecule has 0 radical (unpaired) electrons. The number of rotatable bonds is 5. The fourth-order valence-electron chi connectivity index (χ4n) is 2.78. The van der Waals surface area contributed by atoms with E-state index in [-0.39, 0.29) is 18.4 Å². The van der Waals surface area contributed by atoms with Gasteiger partial charge >= 0.3 is 12.1 Å². The number of carbonyl (C=O) groups excluding carboxylic acids is 2. The summed E-state index contributed by atoms with van der Waals surface area (Å²) in [5.74, 6) is -1.91. The summed E-state index contributed by atoms with van der Waals surface area (Å²) in [7, 11) is 0. The number of anilines is 1. The Hall–Kier alpha value is -2.31. The third-order valence-electron chi connectivity index (χ3n) is 4.08. The van der Waals surface area contributed by atoms with Crippen LogP contribution in [0.2, 0.25) is 0 Å². The lowest BCUT2D eigenvalue weighted by atomic mass is 9.88. The summed E-state index contributed by atoms with van der Waals surface area (Å²) in [5, 5.41) is 4.65. The maximum Gasteiger partial charge on any atom is 0.471 e. The average molecular weight is 354 g/mol. The molecule has 0 heterocycles. The summed E-state index contributed by atoms with van der Waals surface area (Å²) in [6.07, 6.45) is 3.27. The van der Waals surface area contributed by atoms with Crippen LogP contribution in [0.25, 0.3) is 6.08 Å². The van der Waals surface area contributed by atoms with Gasteiger partial charge in [0.05, 0.1) is 0 Å². The summed E-state index contributed by atoms with van der Waals surface area (Å²) < 4.78 is 36.2. The van der Waals surface area contributed by atoms with Crippen molar-refractivity contribution >= 4 is 23.6 Å². The van der Waals surface area contributed by atoms with Gasteiger partial charge in [-0.15, -0.1) is 0 Å². The highest BCUT2D eigenvalue weighted by Gasteiger charge is 2.37. The molecule has 0 bridgehead atoms. The predicted molar refractivity (Wildman–Crippen MR) is 89.7 cm³/mol. The molecule has 25 heavy (non-hydrogen) atoms. The summed E-state index contributed by atoms with van der Waals surface area (Å²) >= 11 is 0. The molecule has 0 spiro atoms. The number of benzene rings is 1. The molecule has 2 rings (SSSR count). The highest BCUT2D eigenvalue weighted by Crippen LogP contribution is 2.25. The summed E-state index contributed by atoms with van der Waals surface area (Å²) in [6.45, 7) is -0.225. The van der Waals surface area contributed by atoms with E-state index in [1.807, 2.05) is 0 Å². The molecular weight excluding hydrogens is 333 g/mol. The highest BCUT2D eigenvalue weighted by molar-refractivity contribution is 5.92. The van der Waals surface area contributed by atoms with E-state index in [0.29, 0.717) is 5.69 Å². The second-order valence-electron chi connectivity index (χ2n) is 6.06. The Morgan fingerprint density at radius 2 is 1.88 bits per heavy atom. The SMILES string of the molecule is O=C(Nc1cccc(C=CCNC(=O)C(F)(F)F)c1)C1CCCCC1. The van der Waals surface area contributed by atoms with Crippen molar-refractivity contribution in [2.24, 2.45) is 5.92 Å². The van der Waals surface area contributed by atoms with Crippen LogP contribution in [0.4, 0.5) is 18.9 Å². The number of nitrogens with one attached hydrogen (secondary N) is 2. The molecule has 136 valence electrons. The van der Waals surface area contributed by atoms with Crippen molar-refractivity contribution in [1.82, 2.24) is 5.32 Å². The summed E-state index contributed by atoms with van der Waals surface area (Å²) in [4.78, 5) is 22.9. The second kappa shape index (κ2) is 8.69. The molecule has 2 N–H and O–H groups in total. The second-order valence-corrected chi connectivity index (χ2v) is 6.06. The van der Waals surface area contributed by atoms with E-state index in [1.54, 1.807) is 35.7 Å². The van der Waals surface area contributed by atoms with Crippen molar-refractivity contribution in [3.8, 4) is 0 Å². The Labute approximate surface area is 144 Å². The van der Waals surface area contributed by atoms with E-state index < -0.39 is 12.1 Å². The van der Waals surface area contributed by atoms with Crippen LogP contribution < -0.4 is 10.6 Å². The third-order valence-corrected chi connectivity index (χ3v) is 4.08. The molecule has 0 atom stereocenters. The van der Waals surface area contributed by atoms with Gasteiger partial charge in [0.15, 0.2) is 0 Å². The standard InChI is InChI=1S/C18H21F3N2O2/c19-18(20,21)17(25)22-11-5-7-13-6-4-10-15(12-13)23-16(24)14-8-2-1-3-9-14/h4-7,10,12,14H,1-3,8-9,11H2,(H,22,25)(H,23,24). The van der Waals surface area contributed by atoms with Gasteiger partial charge in [-0.1, -0.05) is 43.5 Å². The Morgan fingerprint density at radius 3 is 2.56 bits per heavy atom. The normalized spacial score (nSPS) is 16.0. The number of alkyl halides is 3. The van der Waals surface area contributed by atoms with Gasteiger partial charge in [-0.25, -0.2) is 0 Å². The van der Waals surface area contributed by atoms with Crippen LogP contribution in [-0.2, 0) is 9.59 Å². The van der Waals surface area contributed by atoms with E-state index in [4.69, 9.17) is 0 Å². The van der Waals surface area contributed by atoms with Crippen LogP contribution >= 0.6 is 0 Å². The molecule has 2 amide bonds. The van der Waals surface area contributed by atoms with Crippen molar-refractivity contribution in [3.05, 3.63) is 35.9 Å². The fourth-order valence-corrected chi connectivity index (χ4v) is 2.78. The monoisotopic (exact) mass is 354 g/mol. The summed E-state index contributed by atoms with van der Waals surface area (Å²) in [6, 6.07) is 7.02. The van der Waals surface area contributed by atoms with Gasteiger partial charge in [-0.05, 0) is 30.5 Å². The average Bonchev–Trinajstić information content (AvgIpc) is 2.59. The molecule has 1 aliphatic carbocycles. The minimum absolute atomic E-state index is 0.0123. The van der Waals surface area contributed by atoms with Gasteiger partial charge < -0.3 is 10.6 Å². The van der Waals surface area contributed by atoms with Gasteiger partial charge in [0, 0.05) is 18.2 Å². The Bertz CT molecular complexity index is 635. The Morgan fingerprint density at radius 1 is 1.16 bits per heavy atom. The molecule has 0 aliphatic heterocycles. The van der Waals surface area contributed by atoms with E-state index in [2.05, 4.69) is 5.32 Å². The van der Waals surface area contributed by atoms with Crippen LogP contribution in [-0.4, -0.2) is 24.5 Å². The van der Waals surface area contributed by atoms with Crippen molar-refractivity contribution in [2.45, 2.75) is 38.3 Å². The van der Waals surface area contributed by atoms with E-state index >= 15 is 0 Å². The van der Waals surface area contributed by atoms with Gasteiger partial charge in [0.1, 0.15) is 0 Å². The van der Waals surface area contributed by atoms with Gasteiger partial charge in [0.25, 0.3) is 0 Å². The smallest absolute Gasteiger partial charge is 0.345 e. The first-order valence-electron chi connectivity index (χ1n) is 8.29. The van der Waals surface area contributed by atoms with Crippen LogP contribution in [0.3, 0.4) is 0 Å². The first kappa shape index (κ1) is 19.0. The van der Waals surface area contributed by atoms with E-state index in [0.717, 1.165) is 31.2 Å². The molecule has 0 unspecified atom stereocenters. The lowest BCUT2D eigenvalue weighted by Gasteiger charge is -2.20. The van der Waals surface area contributed by atoms with Gasteiger partial charge in [0.2, 0.25) is 5.91 Å². The van der Waals surface area contributed by atoms with E-state index in [1.165, 1.54) is 12.5 Å². The molecule has 1 aromatic rings. The van der Waals surface area contributed by atoms with Crippen LogP contribution in [0.15, 0.2) is 30.3 Å². The highest BCUT2D eigenvalue weighted by atomic mass is 19.4. The van der Waals surface area contributed by atoms with Crippen molar-refractivity contribution in [1.29, 1.82) is 0 Å². The lowest BCUT2D eigenvalue weighted by Crippen LogP contribution is -2.36. The number of hydrogen-bond acceptors (Lipinski definition) is 2. The van der Waals surface area contributed by atoms with Crippen LogP contribution in [0, 0.1) is 5.92 Å². The van der Waals surface area contributed by atoms with E-state index in [9.17, 15) is 22.8 Å². The zero-order chi connectivity index (χ0) is 18.3. The van der Waals surface area contributed by atoms with Crippen molar-refractivity contribution in [2.75, 3.05) is 11.9 Å². The predicted octanol–water partition coefficient (Wildman–Crippen LogP) is 3.90. The maximum atomic E-state index is 12.2.